The second-order valence-corrected chi connectivity index (χ2v) is 10.6. The van der Waals surface area contributed by atoms with Gasteiger partial charge in [0, 0.05) is 38.8 Å². The summed E-state index contributed by atoms with van der Waals surface area (Å²) in [7, 11) is -1.90. The van der Waals surface area contributed by atoms with Crippen LogP contribution < -0.4 is 0 Å². The highest BCUT2D eigenvalue weighted by Crippen LogP contribution is 2.30. The fraction of sp³-hybridized carbons (Fsp3) is 0.526. The maximum atomic E-state index is 13.1. The first kappa shape index (κ1) is 20.2. The normalized spacial score (nSPS) is 21.6. The highest BCUT2D eigenvalue weighted by molar-refractivity contribution is 7.91. The number of nitrogens with zero attached hydrogens (tertiary/aromatic N) is 4. The molecule has 0 radical (unpaired) electrons. The molecule has 0 unspecified atom stereocenters. The summed E-state index contributed by atoms with van der Waals surface area (Å²) in [6, 6.07) is 4.35. The van der Waals surface area contributed by atoms with Crippen LogP contribution in [0.3, 0.4) is 0 Å². The van der Waals surface area contributed by atoms with Gasteiger partial charge >= 0.3 is 0 Å². The smallest absolute Gasteiger partial charge is 0.253 e. The van der Waals surface area contributed by atoms with E-state index in [1.54, 1.807) is 46.4 Å². The fourth-order valence-corrected chi connectivity index (χ4v) is 6.97. The van der Waals surface area contributed by atoms with Crippen molar-refractivity contribution in [1.29, 1.82) is 0 Å². The lowest BCUT2D eigenvalue weighted by Crippen LogP contribution is -2.50. The Morgan fingerprint density at radius 2 is 1.90 bits per heavy atom. The van der Waals surface area contributed by atoms with Gasteiger partial charge in [0.05, 0.1) is 0 Å². The molecule has 1 atom stereocenters. The summed E-state index contributed by atoms with van der Waals surface area (Å²) in [4.78, 5) is 27.5. The van der Waals surface area contributed by atoms with Crippen LogP contribution in [0.4, 0.5) is 0 Å². The maximum Gasteiger partial charge on any atom is 0.253 e. The Bertz CT molecular complexity index is 991. The molecule has 2 fully saturated rings. The summed E-state index contributed by atoms with van der Waals surface area (Å²) in [6.07, 6.45) is 3.99. The van der Waals surface area contributed by atoms with Crippen molar-refractivity contribution in [2.45, 2.75) is 35.9 Å². The average Bonchev–Trinajstić information content (AvgIpc) is 3.48. The van der Waals surface area contributed by atoms with Crippen molar-refractivity contribution >= 4 is 33.1 Å². The zero-order valence-electron chi connectivity index (χ0n) is 16.2. The van der Waals surface area contributed by atoms with Crippen LogP contribution in [0.1, 0.15) is 36.2 Å². The predicted molar refractivity (Wildman–Crippen MR) is 108 cm³/mol. The maximum absolute atomic E-state index is 13.1. The van der Waals surface area contributed by atoms with E-state index in [9.17, 15) is 18.0 Å². The zero-order chi connectivity index (χ0) is 20.6. The summed E-state index contributed by atoms with van der Waals surface area (Å²) in [5.41, 5.74) is 0.582. The molecule has 2 aliphatic heterocycles. The number of ketones is 1. The van der Waals surface area contributed by atoms with Crippen LogP contribution in [0, 0.1) is 5.92 Å². The van der Waals surface area contributed by atoms with Crippen molar-refractivity contribution in [2.75, 3.05) is 19.6 Å². The van der Waals surface area contributed by atoms with Gasteiger partial charge in [-0.15, -0.1) is 11.3 Å². The first-order chi connectivity index (χ1) is 13.9. The number of aromatic nitrogens is 2. The van der Waals surface area contributed by atoms with E-state index in [-0.39, 0.29) is 21.8 Å². The first-order valence-electron chi connectivity index (χ1n) is 9.76. The number of carbonyl (C=O) groups is 2. The highest BCUT2D eigenvalue weighted by Gasteiger charge is 2.42. The second-order valence-electron chi connectivity index (χ2n) is 7.51. The fourth-order valence-electron chi connectivity index (χ4n) is 4.20. The Morgan fingerprint density at radius 1 is 1.14 bits per heavy atom. The number of Topliss-reactive ketones (excluding diaryl/α,β-unsaturated/α-hetero) is 1. The van der Waals surface area contributed by atoms with Crippen molar-refractivity contribution in [2.24, 2.45) is 13.0 Å². The highest BCUT2D eigenvalue weighted by atomic mass is 32.2. The van der Waals surface area contributed by atoms with Crippen LogP contribution in [0.15, 0.2) is 34.0 Å². The number of amides is 1. The van der Waals surface area contributed by atoms with Gasteiger partial charge in [0.1, 0.15) is 15.9 Å². The minimum Gasteiger partial charge on any atom is -0.341 e. The molecule has 0 N–H and O–H groups in total. The molecule has 156 valence electrons. The van der Waals surface area contributed by atoms with Gasteiger partial charge in [0.15, 0.2) is 5.78 Å². The molecule has 0 aromatic carbocycles. The summed E-state index contributed by atoms with van der Waals surface area (Å²) in [5, 5.41) is 5.78. The predicted octanol–water partition coefficient (Wildman–Crippen LogP) is 1.76. The van der Waals surface area contributed by atoms with Gasteiger partial charge in [-0.05, 0) is 43.2 Å². The van der Waals surface area contributed by atoms with Crippen molar-refractivity contribution in [3.8, 4) is 0 Å². The molecule has 4 rings (SSSR count). The molecule has 10 heteroatoms. The van der Waals surface area contributed by atoms with E-state index in [1.165, 1.54) is 15.6 Å². The van der Waals surface area contributed by atoms with E-state index >= 15 is 0 Å². The van der Waals surface area contributed by atoms with Gasteiger partial charge in [-0.3, -0.25) is 14.3 Å². The topological polar surface area (TPSA) is 92.6 Å². The number of piperidine rings is 1. The Morgan fingerprint density at radius 3 is 2.52 bits per heavy atom. The molecule has 0 bridgehead atoms. The Kier molecular flexibility index (Phi) is 5.58. The third-order valence-electron chi connectivity index (χ3n) is 5.80. The SMILES string of the molecule is Cn1nccc1C(=O)C1CCN(C(=O)[C@@H]2CCCN2S(=O)(=O)c2cccs2)CC1. The van der Waals surface area contributed by atoms with Crippen molar-refractivity contribution in [1.82, 2.24) is 19.0 Å². The lowest BCUT2D eigenvalue weighted by Gasteiger charge is -2.34. The Labute approximate surface area is 174 Å². The van der Waals surface area contributed by atoms with E-state index in [1.807, 2.05) is 0 Å². The molecule has 8 nitrogen and oxygen atoms in total. The molecule has 29 heavy (non-hydrogen) atoms. The number of carbonyl (C=O) groups excluding carboxylic acids is 2. The number of sulfonamides is 1. The molecule has 2 aliphatic rings. The van der Waals surface area contributed by atoms with E-state index < -0.39 is 16.1 Å². The van der Waals surface area contributed by atoms with Crippen LogP contribution >= 0.6 is 11.3 Å². The van der Waals surface area contributed by atoms with Crippen molar-refractivity contribution in [3.05, 3.63) is 35.5 Å². The Hall–Kier alpha value is -2.04. The van der Waals surface area contributed by atoms with Gasteiger partial charge in [-0.25, -0.2) is 8.42 Å². The number of hydrogen-bond donors (Lipinski definition) is 0. The monoisotopic (exact) mass is 436 g/mol. The van der Waals surface area contributed by atoms with Gasteiger partial charge < -0.3 is 4.90 Å². The zero-order valence-corrected chi connectivity index (χ0v) is 17.9. The number of likely N-dealkylation sites (tertiary alicyclic amines) is 1. The molecule has 1 amide bonds. The quantitative estimate of drug-likeness (QED) is 0.666. The van der Waals surface area contributed by atoms with E-state index in [0.29, 0.717) is 51.0 Å². The molecular weight excluding hydrogens is 412 g/mol. The molecular formula is C19H24N4O4S2. The number of hydrogen-bond acceptors (Lipinski definition) is 6. The molecule has 0 aliphatic carbocycles. The number of aryl methyl sites for hydroxylation is 1. The molecule has 0 spiro atoms. The van der Waals surface area contributed by atoms with Gasteiger partial charge in [0.25, 0.3) is 10.0 Å². The summed E-state index contributed by atoms with van der Waals surface area (Å²) in [6.45, 7) is 1.30. The molecule has 4 heterocycles. The van der Waals surface area contributed by atoms with Gasteiger partial charge in [0.2, 0.25) is 5.91 Å². The van der Waals surface area contributed by atoms with E-state index in [0.717, 1.165) is 0 Å². The minimum absolute atomic E-state index is 0.0554. The Balaban J connectivity index is 1.42. The average molecular weight is 437 g/mol. The van der Waals surface area contributed by atoms with Gasteiger partial charge in [-0.2, -0.15) is 9.40 Å². The number of thiophene rings is 1. The van der Waals surface area contributed by atoms with E-state index in [2.05, 4.69) is 5.10 Å². The third-order valence-corrected chi connectivity index (χ3v) is 9.08. The minimum atomic E-state index is -3.65. The molecule has 2 aromatic rings. The third kappa shape index (κ3) is 3.76. The lowest BCUT2D eigenvalue weighted by molar-refractivity contribution is -0.135. The molecule has 2 saturated heterocycles. The lowest BCUT2D eigenvalue weighted by atomic mass is 9.90. The first-order valence-corrected chi connectivity index (χ1v) is 12.1. The standard InChI is InChI=1S/C19H24N4O4S2/c1-21-15(6-9-20-21)18(24)14-7-11-22(12-8-14)19(25)16-4-2-10-23(16)29(26,27)17-5-3-13-28-17/h3,5-6,9,13-14,16H,2,4,7-8,10-12H2,1H3/t16-/m0/s1. The van der Waals surface area contributed by atoms with Crippen LogP contribution in [-0.4, -0.2) is 64.8 Å². The summed E-state index contributed by atoms with van der Waals surface area (Å²) in [5.74, 6) is -0.224. The number of rotatable bonds is 5. The summed E-state index contributed by atoms with van der Waals surface area (Å²) < 4.78 is 29.0. The van der Waals surface area contributed by atoms with Crippen LogP contribution in [0.25, 0.3) is 0 Å². The second kappa shape index (κ2) is 8.00. The van der Waals surface area contributed by atoms with Crippen LogP contribution in [0.2, 0.25) is 0 Å². The largest absolute Gasteiger partial charge is 0.341 e. The molecule has 2 aromatic heterocycles. The van der Waals surface area contributed by atoms with Crippen molar-refractivity contribution in [3.63, 3.8) is 0 Å². The molecule has 0 saturated carbocycles. The van der Waals surface area contributed by atoms with Gasteiger partial charge in [-0.1, -0.05) is 6.07 Å². The van der Waals surface area contributed by atoms with Crippen molar-refractivity contribution < 1.29 is 18.0 Å². The summed E-state index contributed by atoms with van der Waals surface area (Å²) >= 11 is 1.17. The van der Waals surface area contributed by atoms with Crippen LogP contribution in [0.5, 0.6) is 0 Å². The van der Waals surface area contributed by atoms with Crippen LogP contribution in [-0.2, 0) is 21.9 Å². The van der Waals surface area contributed by atoms with E-state index in [4.69, 9.17) is 0 Å².